The molecule has 0 aromatic heterocycles. The summed E-state index contributed by atoms with van der Waals surface area (Å²) < 4.78 is 0. The second-order valence-electron chi connectivity index (χ2n) is 5.34. The zero-order valence-electron chi connectivity index (χ0n) is 10.6. The minimum absolute atomic E-state index is 0. The Morgan fingerprint density at radius 3 is 2.68 bits per heavy atom. The third-order valence-corrected chi connectivity index (χ3v) is 4.57. The van der Waals surface area contributed by atoms with E-state index in [9.17, 15) is 4.79 Å². The Bertz CT molecular complexity index is 472. The Morgan fingerprint density at radius 2 is 2.00 bits per heavy atom. The summed E-state index contributed by atoms with van der Waals surface area (Å²) in [7, 11) is 0. The molecule has 19 heavy (non-hydrogen) atoms. The number of hydrogen-bond donors (Lipinski definition) is 2. The lowest BCUT2D eigenvalue weighted by atomic mass is 9.92. The molecular weight excluding hydrogens is 283 g/mol. The van der Waals surface area contributed by atoms with Gasteiger partial charge in [-0.1, -0.05) is 23.7 Å². The van der Waals surface area contributed by atoms with Crippen molar-refractivity contribution in [3.63, 3.8) is 0 Å². The quantitative estimate of drug-likeness (QED) is 0.881. The van der Waals surface area contributed by atoms with Crippen LogP contribution < -0.4 is 10.6 Å². The maximum atomic E-state index is 12.2. The number of rotatable bonds is 2. The fraction of sp³-hybridized carbons (Fsp3) is 0.500. The maximum absolute atomic E-state index is 12.2. The summed E-state index contributed by atoms with van der Waals surface area (Å²) in [4.78, 5) is 12.2. The van der Waals surface area contributed by atoms with E-state index in [1.165, 1.54) is 0 Å². The molecule has 2 N–H and O–H groups in total. The lowest BCUT2D eigenvalue weighted by Gasteiger charge is -2.23. The first-order valence-electron chi connectivity index (χ1n) is 6.47. The highest BCUT2D eigenvalue weighted by atomic mass is 35.5. The normalized spacial score (nSPS) is 23.5. The number of amides is 1. The predicted molar refractivity (Wildman–Crippen MR) is 80.0 cm³/mol. The lowest BCUT2D eigenvalue weighted by molar-refractivity contribution is -0.118. The van der Waals surface area contributed by atoms with E-state index in [-0.39, 0.29) is 29.6 Å². The summed E-state index contributed by atoms with van der Waals surface area (Å²) in [6, 6.07) is 7.39. The third kappa shape index (κ3) is 2.88. The minimum Gasteiger partial charge on any atom is -0.325 e. The summed E-state index contributed by atoms with van der Waals surface area (Å²) in [5.74, 6) is 0.306. The fourth-order valence-electron chi connectivity index (χ4n) is 2.98. The van der Waals surface area contributed by atoms with Crippen molar-refractivity contribution in [2.24, 2.45) is 11.3 Å². The van der Waals surface area contributed by atoms with Gasteiger partial charge in [-0.2, -0.15) is 0 Å². The van der Waals surface area contributed by atoms with Gasteiger partial charge in [0.1, 0.15) is 0 Å². The molecule has 1 aliphatic heterocycles. The van der Waals surface area contributed by atoms with Gasteiger partial charge in [-0.3, -0.25) is 4.79 Å². The van der Waals surface area contributed by atoms with Gasteiger partial charge in [0.25, 0.3) is 0 Å². The highest BCUT2D eigenvalue weighted by Crippen LogP contribution is 2.58. The monoisotopic (exact) mass is 300 g/mol. The Morgan fingerprint density at radius 1 is 1.32 bits per heavy atom. The first-order valence-corrected chi connectivity index (χ1v) is 6.85. The van der Waals surface area contributed by atoms with Gasteiger partial charge in [0.2, 0.25) is 5.91 Å². The van der Waals surface area contributed by atoms with Crippen molar-refractivity contribution in [1.82, 2.24) is 5.32 Å². The molecule has 2 aliphatic rings. The smallest absolute Gasteiger partial charge is 0.228 e. The first kappa shape index (κ1) is 14.6. The zero-order chi connectivity index (χ0) is 12.6. The summed E-state index contributed by atoms with van der Waals surface area (Å²) in [5.41, 5.74) is 0.997. The van der Waals surface area contributed by atoms with Crippen LogP contribution in [0, 0.1) is 11.3 Å². The lowest BCUT2D eigenvalue weighted by Crippen LogP contribution is -2.31. The van der Waals surface area contributed by atoms with Crippen LogP contribution >= 0.6 is 24.0 Å². The summed E-state index contributed by atoms with van der Waals surface area (Å²) in [5, 5.41) is 6.90. The van der Waals surface area contributed by atoms with Gasteiger partial charge in [0, 0.05) is 5.92 Å². The van der Waals surface area contributed by atoms with E-state index in [1.54, 1.807) is 6.07 Å². The number of nitrogens with one attached hydrogen (secondary N) is 2. The zero-order valence-corrected chi connectivity index (χ0v) is 12.2. The van der Waals surface area contributed by atoms with Crippen molar-refractivity contribution >= 4 is 35.6 Å². The molecule has 1 spiro atoms. The molecule has 0 radical (unpaired) electrons. The number of halogens is 2. The molecule has 1 saturated heterocycles. The van der Waals surface area contributed by atoms with Gasteiger partial charge >= 0.3 is 0 Å². The summed E-state index contributed by atoms with van der Waals surface area (Å²) >= 11 is 6.05. The number of piperidine rings is 1. The van der Waals surface area contributed by atoms with Crippen LogP contribution in [0.15, 0.2) is 24.3 Å². The van der Waals surface area contributed by atoms with Gasteiger partial charge in [0.05, 0.1) is 10.7 Å². The second-order valence-corrected chi connectivity index (χ2v) is 5.75. The van der Waals surface area contributed by atoms with E-state index in [2.05, 4.69) is 10.6 Å². The van der Waals surface area contributed by atoms with Gasteiger partial charge in [-0.05, 0) is 49.9 Å². The average molecular weight is 301 g/mol. The molecule has 1 amide bonds. The highest BCUT2D eigenvalue weighted by Gasteiger charge is 2.57. The molecule has 1 heterocycles. The van der Waals surface area contributed by atoms with Gasteiger partial charge in [0.15, 0.2) is 0 Å². The van der Waals surface area contributed by atoms with Crippen molar-refractivity contribution in [1.29, 1.82) is 0 Å². The number of carbonyl (C=O) groups is 1. The molecule has 1 aliphatic carbocycles. The van der Waals surface area contributed by atoms with Gasteiger partial charge in [-0.15, -0.1) is 12.4 Å². The molecule has 5 heteroatoms. The molecule has 104 valence electrons. The Hall–Kier alpha value is -0.770. The van der Waals surface area contributed by atoms with E-state index in [1.807, 2.05) is 18.2 Å². The third-order valence-electron chi connectivity index (χ3n) is 4.24. The topological polar surface area (TPSA) is 41.1 Å². The molecule has 1 unspecified atom stereocenters. The van der Waals surface area contributed by atoms with E-state index in [4.69, 9.17) is 11.6 Å². The van der Waals surface area contributed by atoms with E-state index in [0.717, 1.165) is 38.0 Å². The standard InChI is InChI=1S/C14H17ClN2O.ClH/c15-11-3-1-2-4-12(11)17-13(18)10-9-14(10)5-7-16-8-6-14;/h1-4,10,16H,5-9H2,(H,17,18);1H. The molecule has 3 nitrogen and oxygen atoms in total. The number of benzene rings is 1. The Balaban J connectivity index is 0.00000133. The highest BCUT2D eigenvalue weighted by molar-refractivity contribution is 6.33. The Kier molecular flexibility index (Phi) is 4.39. The summed E-state index contributed by atoms with van der Waals surface area (Å²) in [6.45, 7) is 2.08. The molecule has 1 aromatic carbocycles. The molecule has 3 rings (SSSR count). The largest absolute Gasteiger partial charge is 0.325 e. The number of para-hydroxylation sites is 1. The van der Waals surface area contributed by atoms with Crippen LogP contribution in [-0.4, -0.2) is 19.0 Å². The molecular formula is C14H18Cl2N2O. The van der Waals surface area contributed by atoms with Crippen molar-refractivity contribution in [2.45, 2.75) is 19.3 Å². The van der Waals surface area contributed by atoms with Crippen LogP contribution in [0.5, 0.6) is 0 Å². The van der Waals surface area contributed by atoms with Crippen LogP contribution in [0.25, 0.3) is 0 Å². The number of anilines is 1. The van der Waals surface area contributed by atoms with Gasteiger partial charge < -0.3 is 10.6 Å². The van der Waals surface area contributed by atoms with Crippen molar-refractivity contribution in [2.75, 3.05) is 18.4 Å². The molecule has 2 fully saturated rings. The summed E-state index contributed by atoms with van der Waals surface area (Å²) in [6.07, 6.45) is 3.27. The molecule has 1 saturated carbocycles. The predicted octanol–water partition coefficient (Wildman–Crippen LogP) is 3.09. The molecule has 1 atom stereocenters. The minimum atomic E-state index is 0. The average Bonchev–Trinajstić information content (AvgIpc) is 3.07. The molecule has 0 bridgehead atoms. The van der Waals surface area contributed by atoms with E-state index >= 15 is 0 Å². The van der Waals surface area contributed by atoms with Crippen LogP contribution in [0.1, 0.15) is 19.3 Å². The van der Waals surface area contributed by atoms with E-state index < -0.39 is 0 Å². The first-order chi connectivity index (χ1) is 8.71. The van der Waals surface area contributed by atoms with Crippen LogP contribution in [0.2, 0.25) is 5.02 Å². The Labute approximate surface area is 124 Å². The van der Waals surface area contributed by atoms with E-state index in [0.29, 0.717) is 5.02 Å². The van der Waals surface area contributed by atoms with Crippen LogP contribution in [-0.2, 0) is 4.79 Å². The number of carbonyl (C=O) groups excluding carboxylic acids is 1. The fourth-order valence-corrected chi connectivity index (χ4v) is 3.16. The number of hydrogen-bond acceptors (Lipinski definition) is 2. The molecule has 1 aromatic rings. The van der Waals surface area contributed by atoms with Crippen LogP contribution in [0.4, 0.5) is 5.69 Å². The van der Waals surface area contributed by atoms with Gasteiger partial charge in [-0.25, -0.2) is 0 Å². The van der Waals surface area contributed by atoms with Crippen molar-refractivity contribution < 1.29 is 4.79 Å². The second kappa shape index (κ2) is 5.70. The van der Waals surface area contributed by atoms with Crippen molar-refractivity contribution in [3.8, 4) is 0 Å². The van der Waals surface area contributed by atoms with Crippen molar-refractivity contribution in [3.05, 3.63) is 29.3 Å². The maximum Gasteiger partial charge on any atom is 0.228 e. The van der Waals surface area contributed by atoms with Crippen LogP contribution in [0.3, 0.4) is 0 Å². The SMILES string of the molecule is Cl.O=C(Nc1ccccc1Cl)C1CC12CCNCC2.